The summed E-state index contributed by atoms with van der Waals surface area (Å²) in [5.41, 5.74) is 2.12. The highest BCUT2D eigenvalue weighted by Gasteiger charge is 2.16. The minimum absolute atomic E-state index is 0.186. The molecule has 24 heavy (non-hydrogen) atoms. The Morgan fingerprint density at radius 3 is 2.67 bits per heavy atom. The lowest BCUT2D eigenvalue weighted by molar-refractivity contribution is 0.102. The van der Waals surface area contributed by atoms with E-state index in [1.165, 1.54) is 0 Å². The zero-order chi connectivity index (χ0) is 16.5. The predicted molar refractivity (Wildman–Crippen MR) is 91.8 cm³/mol. The normalized spacial score (nSPS) is 12.2. The number of rotatable bonds is 3. The molecule has 0 bridgehead atoms. The van der Waals surface area contributed by atoms with E-state index in [0.29, 0.717) is 22.7 Å². The summed E-state index contributed by atoms with van der Waals surface area (Å²) in [6, 6.07) is 12.5. The van der Waals surface area contributed by atoms with Crippen molar-refractivity contribution in [1.82, 2.24) is 9.78 Å². The van der Waals surface area contributed by atoms with Gasteiger partial charge in [-0.3, -0.25) is 4.79 Å². The summed E-state index contributed by atoms with van der Waals surface area (Å²) >= 11 is 3.36. The van der Waals surface area contributed by atoms with Gasteiger partial charge < -0.3 is 14.8 Å². The topological polar surface area (TPSA) is 65.4 Å². The zero-order valence-corrected chi connectivity index (χ0v) is 14.0. The Hall–Kier alpha value is -2.80. The van der Waals surface area contributed by atoms with Gasteiger partial charge in [0.25, 0.3) is 5.91 Å². The van der Waals surface area contributed by atoms with Gasteiger partial charge in [0, 0.05) is 17.4 Å². The lowest BCUT2D eigenvalue weighted by Gasteiger charge is -2.07. The van der Waals surface area contributed by atoms with Crippen molar-refractivity contribution in [2.45, 2.75) is 0 Å². The Morgan fingerprint density at radius 1 is 1.12 bits per heavy atom. The third-order valence-electron chi connectivity index (χ3n) is 3.58. The Kier molecular flexibility index (Phi) is 3.70. The molecule has 7 heteroatoms. The maximum atomic E-state index is 12.3. The van der Waals surface area contributed by atoms with Gasteiger partial charge in [-0.1, -0.05) is 0 Å². The minimum Gasteiger partial charge on any atom is -0.454 e. The van der Waals surface area contributed by atoms with E-state index in [1.807, 2.05) is 30.5 Å². The van der Waals surface area contributed by atoms with Crippen LogP contribution >= 0.6 is 15.9 Å². The fourth-order valence-electron chi connectivity index (χ4n) is 2.38. The predicted octanol–water partition coefficient (Wildman–Crippen LogP) is 3.62. The fraction of sp³-hybridized carbons (Fsp3) is 0.0588. The van der Waals surface area contributed by atoms with Crippen LogP contribution in [0, 0.1) is 0 Å². The molecule has 2 heterocycles. The molecular formula is C17H12BrN3O3. The molecule has 1 aromatic heterocycles. The van der Waals surface area contributed by atoms with E-state index in [9.17, 15) is 4.79 Å². The van der Waals surface area contributed by atoms with Gasteiger partial charge in [-0.15, -0.1) is 0 Å². The first-order chi connectivity index (χ1) is 11.7. The van der Waals surface area contributed by atoms with Crippen LogP contribution in [-0.2, 0) is 0 Å². The summed E-state index contributed by atoms with van der Waals surface area (Å²) < 4.78 is 13.2. The number of hydrogen-bond donors (Lipinski definition) is 1. The van der Waals surface area contributed by atoms with E-state index in [2.05, 4.69) is 26.3 Å². The van der Waals surface area contributed by atoms with Gasteiger partial charge in [-0.25, -0.2) is 4.68 Å². The molecular weight excluding hydrogens is 374 g/mol. The zero-order valence-electron chi connectivity index (χ0n) is 12.4. The summed E-state index contributed by atoms with van der Waals surface area (Å²) in [4.78, 5) is 12.3. The van der Waals surface area contributed by atoms with E-state index >= 15 is 0 Å². The molecule has 2 aromatic carbocycles. The second-order valence-electron chi connectivity index (χ2n) is 5.17. The standard InChI is InChI=1S/C17H12BrN3O3/c18-12-8-19-21(9-12)14-4-2-13(3-5-14)20-17(22)11-1-6-15-16(7-11)24-10-23-15/h1-9H,10H2,(H,20,22). The Morgan fingerprint density at radius 2 is 1.92 bits per heavy atom. The highest BCUT2D eigenvalue weighted by molar-refractivity contribution is 9.10. The Labute approximate surface area is 146 Å². The fourth-order valence-corrected chi connectivity index (χ4v) is 2.67. The number of aromatic nitrogens is 2. The number of carbonyl (C=O) groups excluding carboxylic acids is 1. The Balaban J connectivity index is 1.49. The van der Waals surface area contributed by atoms with Crippen LogP contribution in [0.4, 0.5) is 5.69 Å². The third-order valence-corrected chi connectivity index (χ3v) is 3.99. The van der Waals surface area contributed by atoms with Crippen molar-refractivity contribution in [3.63, 3.8) is 0 Å². The van der Waals surface area contributed by atoms with Crippen molar-refractivity contribution in [1.29, 1.82) is 0 Å². The number of anilines is 1. The minimum atomic E-state index is -0.206. The number of benzene rings is 2. The molecule has 0 aliphatic carbocycles. The van der Waals surface area contributed by atoms with Crippen molar-refractivity contribution in [3.05, 3.63) is 64.9 Å². The molecule has 0 fully saturated rings. The average molecular weight is 386 g/mol. The van der Waals surface area contributed by atoms with Gasteiger partial charge in [0.05, 0.1) is 16.4 Å². The number of amides is 1. The van der Waals surface area contributed by atoms with Gasteiger partial charge >= 0.3 is 0 Å². The molecule has 4 rings (SSSR count). The molecule has 0 spiro atoms. The smallest absolute Gasteiger partial charge is 0.255 e. The van der Waals surface area contributed by atoms with Gasteiger partial charge in [0.2, 0.25) is 6.79 Å². The third kappa shape index (κ3) is 2.85. The number of fused-ring (bicyclic) bond motifs is 1. The summed E-state index contributed by atoms with van der Waals surface area (Å²) in [5, 5.41) is 7.07. The number of ether oxygens (including phenoxy) is 2. The van der Waals surface area contributed by atoms with Crippen molar-refractivity contribution in [2.24, 2.45) is 0 Å². The summed E-state index contributed by atoms with van der Waals surface area (Å²) in [6.07, 6.45) is 3.58. The highest BCUT2D eigenvalue weighted by atomic mass is 79.9. The molecule has 0 saturated carbocycles. The van der Waals surface area contributed by atoms with E-state index in [1.54, 1.807) is 29.1 Å². The second-order valence-corrected chi connectivity index (χ2v) is 6.09. The van der Waals surface area contributed by atoms with Gasteiger partial charge in [0.1, 0.15) is 0 Å². The van der Waals surface area contributed by atoms with E-state index < -0.39 is 0 Å². The largest absolute Gasteiger partial charge is 0.454 e. The Bertz CT molecular complexity index is 906. The number of carbonyl (C=O) groups is 1. The number of hydrogen-bond acceptors (Lipinski definition) is 4. The number of halogens is 1. The lowest BCUT2D eigenvalue weighted by Crippen LogP contribution is -2.11. The molecule has 0 saturated heterocycles. The van der Waals surface area contributed by atoms with Crippen LogP contribution in [0.5, 0.6) is 11.5 Å². The number of nitrogens with one attached hydrogen (secondary N) is 1. The summed E-state index contributed by atoms with van der Waals surface area (Å²) in [6.45, 7) is 0.186. The molecule has 3 aromatic rings. The highest BCUT2D eigenvalue weighted by Crippen LogP contribution is 2.32. The van der Waals surface area contributed by atoms with Crippen LogP contribution < -0.4 is 14.8 Å². The first-order valence-corrected chi connectivity index (χ1v) is 8.00. The molecule has 1 amide bonds. The monoisotopic (exact) mass is 385 g/mol. The van der Waals surface area contributed by atoms with E-state index in [0.717, 1.165) is 10.2 Å². The molecule has 120 valence electrons. The first-order valence-electron chi connectivity index (χ1n) is 7.21. The summed E-state index contributed by atoms with van der Waals surface area (Å²) in [7, 11) is 0. The SMILES string of the molecule is O=C(Nc1ccc(-n2cc(Br)cn2)cc1)c1ccc2c(c1)OCO2. The second kappa shape index (κ2) is 6.01. The van der Waals surface area contributed by atoms with Gasteiger partial charge in [-0.2, -0.15) is 5.10 Å². The maximum absolute atomic E-state index is 12.3. The molecule has 0 radical (unpaired) electrons. The van der Waals surface area contributed by atoms with Gasteiger partial charge in [0.15, 0.2) is 11.5 Å². The molecule has 6 nitrogen and oxygen atoms in total. The van der Waals surface area contributed by atoms with Crippen LogP contribution in [0.1, 0.15) is 10.4 Å². The van der Waals surface area contributed by atoms with Crippen LogP contribution in [0.25, 0.3) is 5.69 Å². The molecule has 0 unspecified atom stereocenters. The van der Waals surface area contributed by atoms with Crippen molar-refractivity contribution >= 4 is 27.5 Å². The van der Waals surface area contributed by atoms with Crippen LogP contribution in [-0.4, -0.2) is 22.5 Å². The quantitative estimate of drug-likeness (QED) is 0.747. The van der Waals surface area contributed by atoms with Crippen molar-refractivity contribution in [3.8, 4) is 17.2 Å². The molecule has 0 atom stereocenters. The number of nitrogens with zero attached hydrogens (tertiary/aromatic N) is 2. The summed E-state index contributed by atoms with van der Waals surface area (Å²) in [5.74, 6) is 1.03. The van der Waals surface area contributed by atoms with Crippen LogP contribution in [0.3, 0.4) is 0 Å². The van der Waals surface area contributed by atoms with E-state index in [4.69, 9.17) is 9.47 Å². The maximum Gasteiger partial charge on any atom is 0.255 e. The first kappa shape index (κ1) is 14.8. The molecule has 1 aliphatic rings. The van der Waals surface area contributed by atoms with Crippen LogP contribution in [0.15, 0.2) is 59.3 Å². The van der Waals surface area contributed by atoms with E-state index in [-0.39, 0.29) is 12.7 Å². The van der Waals surface area contributed by atoms with Crippen molar-refractivity contribution in [2.75, 3.05) is 12.1 Å². The average Bonchev–Trinajstić information content (AvgIpc) is 3.23. The van der Waals surface area contributed by atoms with Crippen molar-refractivity contribution < 1.29 is 14.3 Å². The van der Waals surface area contributed by atoms with Crippen LogP contribution in [0.2, 0.25) is 0 Å². The molecule has 1 aliphatic heterocycles. The lowest BCUT2D eigenvalue weighted by atomic mass is 10.2. The molecule has 1 N–H and O–H groups in total. The van der Waals surface area contributed by atoms with Gasteiger partial charge in [-0.05, 0) is 58.4 Å².